The summed E-state index contributed by atoms with van der Waals surface area (Å²) >= 11 is 0. The van der Waals surface area contributed by atoms with E-state index in [1.165, 1.54) is 5.56 Å². The molecule has 3 nitrogen and oxygen atoms in total. The third-order valence-corrected chi connectivity index (χ3v) is 3.36. The van der Waals surface area contributed by atoms with E-state index in [1.54, 1.807) is 7.11 Å². The average Bonchev–Trinajstić information content (AvgIpc) is 2.43. The van der Waals surface area contributed by atoms with Crippen molar-refractivity contribution >= 4 is 0 Å². The van der Waals surface area contributed by atoms with Crippen molar-refractivity contribution < 1.29 is 4.74 Å². The number of nitrogens with two attached hydrogens (primary N) is 1. The van der Waals surface area contributed by atoms with Gasteiger partial charge in [-0.3, -0.25) is 11.3 Å². The lowest BCUT2D eigenvalue weighted by molar-refractivity contribution is 0.0575. The highest BCUT2D eigenvalue weighted by molar-refractivity contribution is 5.14. The molecule has 0 aliphatic rings. The summed E-state index contributed by atoms with van der Waals surface area (Å²) in [5, 5.41) is 0. The van der Waals surface area contributed by atoms with Crippen LogP contribution in [0.4, 0.5) is 0 Å². The first-order valence-electron chi connectivity index (χ1n) is 6.84. The van der Waals surface area contributed by atoms with Gasteiger partial charge in [-0.25, -0.2) is 0 Å². The largest absolute Gasteiger partial charge is 0.380 e. The number of hydrogen-bond donors (Lipinski definition) is 2. The van der Waals surface area contributed by atoms with Gasteiger partial charge in [0.05, 0.1) is 6.10 Å². The van der Waals surface area contributed by atoms with Crippen LogP contribution in [0.15, 0.2) is 30.3 Å². The molecule has 1 aromatic carbocycles. The van der Waals surface area contributed by atoms with Crippen LogP contribution in [0.1, 0.15) is 38.2 Å². The third kappa shape index (κ3) is 5.17. The van der Waals surface area contributed by atoms with Gasteiger partial charge in [0.1, 0.15) is 0 Å². The smallest absolute Gasteiger partial charge is 0.0737 e. The average molecular weight is 250 g/mol. The molecule has 0 fully saturated rings. The summed E-state index contributed by atoms with van der Waals surface area (Å²) in [7, 11) is 1.77. The van der Waals surface area contributed by atoms with Gasteiger partial charge in [-0.1, -0.05) is 43.7 Å². The second-order valence-corrected chi connectivity index (χ2v) is 4.71. The third-order valence-electron chi connectivity index (χ3n) is 3.36. The summed E-state index contributed by atoms with van der Waals surface area (Å²) in [6.07, 6.45) is 5.66. The normalized spacial score (nSPS) is 14.4. The highest BCUT2D eigenvalue weighted by Gasteiger charge is 2.18. The quantitative estimate of drug-likeness (QED) is 0.523. The maximum atomic E-state index is 5.63. The van der Waals surface area contributed by atoms with Crippen molar-refractivity contribution in [1.82, 2.24) is 5.43 Å². The van der Waals surface area contributed by atoms with E-state index in [9.17, 15) is 0 Å². The molecule has 0 radical (unpaired) electrons. The molecule has 1 aromatic rings. The number of rotatable bonds is 9. The zero-order valence-electron chi connectivity index (χ0n) is 11.6. The van der Waals surface area contributed by atoms with Gasteiger partial charge in [-0.05, 0) is 31.2 Å². The summed E-state index contributed by atoms with van der Waals surface area (Å²) in [6, 6.07) is 10.8. The molecule has 2 atom stereocenters. The van der Waals surface area contributed by atoms with Crippen molar-refractivity contribution in [1.29, 1.82) is 0 Å². The van der Waals surface area contributed by atoms with Gasteiger partial charge in [0.2, 0.25) is 0 Å². The molecule has 0 aliphatic heterocycles. The Morgan fingerprint density at radius 3 is 2.50 bits per heavy atom. The molecular weight excluding hydrogens is 224 g/mol. The Morgan fingerprint density at radius 2 is 1.94 bits per heavy atom. The monoisotopic (exact) mass is 250 g/mol. The molecule has 3 heteroatoms. The highest BCUT2D eigenvalue weighted by Crippen LogP contribution is 2.13. The van der Waals surface area contributed by atoms with E-state index in [0.717, 1.165) is 32.1 Å². The Balaban J connectivity index is 2.35. The van der Waals surface area contributed by atoms with Gasteiger partial charge in [0, 0.05) is 13.2 Å². The first-order chi connectivity index (χ1) is 8.81. The van der Waals surface area contributed by atoms with Gasteiger partial charge in [-0.15, -0.1) is 0 Å². The molecule has 0 saturated carbocycles. The summed E-state index contributed by atoms with van der Waals surface area (Å²) in [5.41, 5.74) is 4.29. The molecule has 0 saturated heterocycles. The van der Waals surface area contributed by atoms with Crippen molar-refractivity contribution in [2.24, 2.45) is 5.84 Å². The van der Waals surface area contributed by atoms with E-state index in [1.807, 2.05) is 0 Å². The van der Waals surface area contributed by atoms with Crippen molar-refractivity contribution in [3.05, 3.63) is 35.9 Å². The molecule has 0 heterocycles. The Hall–Kier alpha value is -0.900. The van der Waals surface area contributed by atoms with E-state index < -0.39 is 0 Å². The molecule has 0 bridgehead atoms. The predicted octanol–water partition coefficient (Wildman–Crippen LogP) is 2.66. The topological polar surface area (TPSA) is 47.3 Å². The fourth-order valence-electron chi connectivity index (χ4n) is 2.32. The van der Waals surface area contributed by atoms with Gasteiger partial charge in [0.15, 0.2) is 0 Å². The summed E-state index contributed by atoms with van der Waals surface area (Å²) < 4.78 is 5.50. The Labute approximate surface area is 111 Å². The molecule has 0 aromatic heterocycles. The van der Waals surface area contributed by atoms with Gasteiger partial charge < -0.3 is 4.74 Å². The maximum Gasteiger partial charge on any atom is 0.0737 e. The first kappa shape index (κ1) is 15.2. The van der Waals surface area contributed by atoms with E-state index in [4.69, 9.17) is 10.6 Å². The standard InChI is InChI=1S/C15H26N2O/c1-3-8-15(18-2)14(17-16)12-7-11-13-9-5-4-6-10-13/h4-6,9-10,14-15,17H,3,7-8,11-12,16H2,1-2H3. The maximum absolute atomic E-state index is 5.63. The minimum Gasteiger partial charge on any atom is -0.380 e. The Kier molecular flexibility index (Phi) is 7.65. The summed E-state index contributed by atoms with van der Waals surface area (Å²) in [6.45, 7) is 2.17. The van der Waals surface area contributed by atoms with Crippen LogP contribution >= 0.6 is 0 Å². The minimum atomic E-state index is 0.218. The predicted molar refractivity (Wildman–Crippen MR) is 76.2 cm³/mol. The molecule has 3 N–H and O–H groups in total. The van der Waals surface area contributed by atoms with Crippen LogP contribution in [0.2, 0.25) is 0 Å². The molecule has 0 spiro atoms. The summed E-state index contributed by atoms with van der Waals surface area (Å²) in [4.78, 5) is 0. The van der Waals surface area contributed by atoms with Crippen LogP contribution < -0.4 is 11.3 Å². The first-order valence-corrected chi connectivity index (χ1v) is 6.84. The van der Waals surface area contributed by atoms with Crippen LogP contribution in [-0.2, 0) is 11.2 Å². The molecule has 102 valence electrons. The van der Waals surface area contributed by atoms with Gasteiger partial charge in [0.25, 0.3) is 0 Å². The minimum absolute atomic E-state index is 0.218. The second kappa shape index (κ2) is 9.09. The molecule has 0 aliphatic carbocycles. The van der Waals surface area contributed by atoms with Crippen LogP contribution in [0.25, 0.3) is 0 Å². The SMILES string of the molecule is CCCC(OC)C(CCCc1ccccc1)NN. The van der Waals surface area contributed by atoms with Crippen LogP contribution in [0.5, 0.6) is 0 Å². The lowest BCUT2D eigenvalue weighted by Gasteiger charge is -2.25. The zero-order chi connectivity index (χ0) is 13.2. The molecule has 0 amide bonds. The van der Waals surface area contributed by atoms with Crippen molar-refractivity contribution in [3.8, 4) is 0 Å². The molecular formula is C15H26N2O. The lowest BCUT2D eigenvalue weighted by Crippen LogP contribution is -2.44. The fourth-order valence-corrected chi connectivity index (χ4v) is 2.32. The number of hydrogen-bond acceptors (Lipinski definition) is 3. The Bertz CT molecular complexity index is 303. The van der Waals surface area contributed by atoms with E-state index in [2.05, 4.69) is 42.7 Å². The van der Waals surface area contributed by atoms with Crippen molar-refractivity contribution in [3.63, 3.8) is 0 Å². The number of methoxy groups -OCH3 is 1. The van der Waals surface area contributed by atoms with Crippen LogP contribution in [0.3, 0.4) is 0 Å². The van der Waals surface area contributed by atoms with Gasteiger partial charge >= 0.3 is 0 Å². The van der Waals surface area contributed by atoms with Crippen LogP contribution in [-0.4, -0.2) is 19.3 Å². The lowest BCUT2D eigenvalue weighted by atomic mass is 9.99. The number of nitrogens with one attached hydrogen (secondary N) is 1. The second-order valence-electron chi connectivity index (χ2n) is 4.71. The van der Waals surface area contributed by atoms with Gasteiger partial charge in [-0.2, -0.15) is 0 Å². The number of aryl methyl sites for hydroxylation is 1. The van der Waals surface area contributed by atoms with E-state index in [-0.39, 0.29) is 12.1 Å². The number of ether oxygens (including phenoxy) is 1. The molecule has 1 rings (SSSR count). The van der Waals surface area contributed by atoms with Crippen molar-refractivity contribution in [2.45, 2.75) is 51.2 Å². The van der Waals surface area contributed by atoms with Crippen LogP contribution in [0, 0.1) is 0 Å². The molecule has 18 heavy (non-hydrogen) atoms. The number of benzene rings is 1. The Morgan fingerprint density at radius 1 is 1.22 bits per heavy atom. The number of hydrazine groups is 1. The van der Waals surface area contributed by atoms with Crippen molar-refractivity contribution in [2.75, 3.05) is 7.11 Å². The van der Waals surface area contributed by atoms with E-state index in [0.29, 0.717) is 0 Å². The highest BCUT2D eigenvalue weighted by atomic mass is 16.5. The zero-order valence-corrected chi connectivity index (χ0v) is 11.6. The fraction of sp³-hybridized carbons (Fsp3) is 0.600. The molecule has 2 unspecified atom stereocenters. The summed E-state index contributed by atoms with van der Waals surface area (Å²) in [5.74, 6) is 5.63. The van der Waals surface area contributed by atoms with E-state index >= 15 is 0 Å².